The fourth-order valence-electron chi connectivity index (χ4n) is 0. The molecule has 0 saturated heterocycles. The number of hydrogen-bond acceptors (Lipinski definition) is 0. The van der Waals surface area contributed by atoms with Crippen molar-refractivity contribution in [2.45, 2.75) is 0 Å². The summed E-state index contributed by atoms with van der Waals surface area (Å²) < 4.78 is 0. The van der Waals surface area contributed by atoms with Crippen LogP contribution in [-0.2, 0) is 0 Å². The molecule has 0 bridgehead atoms. The van der Waals surface area contributed by atoms with Crippen molar-refractivity contribution in [3.05, 3.63) is 0 Å². The topological polar surface area (TPSA) is 0 Å². The van der Waals surface area contributed by atoms with Gasteiger partial charge in [0.2, 0.25) is 0 Å². The van der Waals surface area contributed by atoms with Gasteiger partial charge in [-0.15, -0.1) is 0 Å². The van der Waals surface area contributed by atoms with Crippen molar-refractivity contribution in [2.24, 2.45) is 0 Å². The molecule has 26 valence electrons. The van der Waals surface area contributed by atoms with Crippen LogP contribution in [0.15, 0.2) is 0 Å². The fraction of sp³-hybridized carbons (Fsp3) is 0. The van der Waals surface area contributed by atoms with Gasteiger partial charge in [0.15, 0.2) is 0 Å². The maximum absolute atomic E-state index is 5.03. The summed E-state index contributed by atoms with van der Waals surface area (Å²) in [6, 6.07) is 0. The Morgan fingerprint density at radius 2 is 1.00 bits per heavy atom. The molecule has 0 fully saturated rings. The Hall–Kier alpha value is 1.79. The molecule has 0 heterocycles. The Morgan fingerprint density at radius 3 is 1.00 bits per heavy atom. The molecule has 0 aromatic carbocycles. The molecule has 0 aromatic heterocycles. The predicted molar refractivity (Wildman–Crippen MR) is 24.7 cm³/mol. The summed E-state index contributed by atoms with van der Waals surface area (Å²) >= 11 is -2.31. The Kier molecular flexibility index (Phi) is 4.35. The monoisotopic (exact) mass is 314 g/mol. The van der Waals surface area contributed by atoms with Crippen LogP contribution < -0.4 is 0 Å². The standard InChI is InChI=1S/3ClH.Pb.H/h3*1H;;/q;;;+3;/p-3. The summed E-state index contributed by atoms with van der Waals surface area (Å²) in [5.74, 6) is 0. The van der Waals surface area contributed by atoms with E-state index in [2.05, 4.69) is 0 Å². The van der Waals surface area contributed by atoms with Gasteiger partial charge in [0.05, 0.1) is 0 Å². The predicted octanol–water partition coefficient (Wildman–Crippen LogP) is 1.42. The molecule has 0 unspecified atom stereocenters. The Bertz CT molecular complexity index is 8.00. The zero-order chi connectivity index (χ0) is 3.58. The first kappa shape index (κ1) is 5.79. The van der Waals surface area contributed by atoms with Gasteiger partial charge in [0.25, 0.3) is 0 Å². The maximum atomic E-state index is 5.03. The van der Waals surface area contributed by atoms with Gasteiger partial charge in [-0.1, -0.05) is 0 Å². The SMILES string of the molecule is [Cl][PbH]([Cl])[Cl]. The minimum atomic E-state index is -2.31. The molecular formula is HCl3Pb. The van der Waals surface area contributed by atoms with Crippen LogP contribution in [0.2, 0.25) is 0 Å². The number of halogens is 3. The molecule has 0 N–H and O–H groups in total. The van der Waals surface area contributed by atoms with Crippen molar-refractivity contribution < 1.29 is 0 Å². The van der Waals surface area contributed by atoms with Gasteiger partial charge >= 0.3 is 44.0 Å². The zero-order valence-electron chi connectivity index (χ0n) is 1.71. The van der Waals surface area contributed by atoms with E-state index in [0.29, 0.717) is 0 Å². The molecule has 0 spiro atoms. The van der Waals surface area contributed by atoms with Crippen molar-refractivity contribution in [2.75, 3.05) is 0 Å². The van der Waals surface area contributed by atoms with Gasteiger partial charge in [0, 0.05) is 0 Å². The van der Waals surface area contributed by atoms with E-state index in [1.54, 1.807) is 0 Å². The Labute approximate surface area is 43.6 Å². The van der Waals surface area contributed by atoms with Crippen molar-refractivity contribution in [3.8, 4) is 0 Å². The molecule has 0 amide bonds. The van der Waals surface area contributed by atoms with Gasteiger partial charge in [-0.3, -0.25) is 0 Å². The summed E-state index contributed by atoms with van der Waals surface area (Å²) in [5.41, 5.74) is 0. The first-order chi connectivity index (χ1) is 1.73. The van der Waals surface area contributed by atoms with Crippen LogP contribution in [0.4, 0.5) is 0 Å². The van der Waals surface area contributed by atoms with E-state index in [4.69, 9.17) is 24.9 Å². The minimum absolute atomic E-state index is 2.31. The second-order valence-electron chi connectivity index (χ2n) is 0.247. The van der Waals surface area contributed by atoms with E-state index >= 15 is 0 Å². The molecule has 4 heavy (non-hydrogen) atoms. The average Bonchev–Trinajstić information content (AvgIpc) is 0.811. The van der Waals surface area contributed by atoms with E-state index in [9.17, 15) is 0 Å². The van der Waals surface area contributed by atoms with Crippen LogP contribution >= 0.6 is 24.9 Å². The van der Waals surface area contributed by atoms with Gasteiger partial charge in [-0.25, -0.2) is 0 Å². The molecule has 0 aliphatic carbocycles. The summed E-state index contributed by atoms with van der Waals surface area (Å²) in [7, 11) is 15.1. The van der Waals surface area contributed by atoms with Crippen molar-refractivity contribution in [1.29, 1.82) is 0 Å². The molecule has 4 heteroatoms. The molecule has 0 rings (SSSR count). The molecule has 0 aliphatic heterocycles. The molecular weight excluding hydrogens is 314 g/mol. The third-order valence-electron chi connectivity index (χ3n) is 0. The van der Waals surface area contributed by atoms with Gasteiger partial charge in [-0.2, -0.15) is 0 Å². The van der Waals surface area contributed by atoms with Crippen molar-refractivity contribution in [3.63, 3.8) is 0 Å². The van der Waals surface area contributed by atoms with E-state index in [-0.39, 0.29) is 0 Å². The van der Waals surface area contributed by atoms with Gasteiger partial charge in [0.1, 0.15) is 0 Å². The average molecular weight is 315 g/mol. The summed E-state index contributed by atoms with van der Waals surface area (Å²) in [4.78, 5) is 0. The van der Waals surface area contributed by atoms with E-state index in [0.717, 1.165) is 0 Å². The van der Waals surface area contributed by atoms with Crippen LogP contribution in [0.3, 0.4) is 0 Å². The second kappa shape index (κ2) is 3.00. The molecule has 0 radical (unpaired) electrons. The number of rotatable bonds is 0. The third kappa shape index (κ3) is 9.20. The van der Waals surface area contributed by atoms with Gasteiger partial charge < -0.3 is 0 Å². The van der Waals surface area contributed by atoms with Crippen LogP contribution in [0.1, 0.15) is 0 Å². The van der Waals surface area contributed by atoms with E-state index < -0.39 is 19.0 Å². The van der Waals surface area contributed by atoms with Gasteiger partial charge in [-0.05, 0) is 0 Å². The fourth-order valence-corrected chi connectivity index (χ4v) is 0. The van der Waals surface area contributed by atoms with Crippen molar-refractivity contribution in [1.82, 2.24) is 0 Å². The summed E-state index contributed by atoms with van der Waals surface area (Å²) in [5, 5.41) is 0. The zero-order valence-corrected chi connectivity index (χ0v) is 8.47. The molecule has 0 atom stereocenters. The summed E-state index contributed by atoms with van der Waals surface area (Å²) in [6.07, 6.45) is 0. The van der Waals surface area contributed by atoms with Crippen LogP contribution in [0.25, 0.3) is 0 Å². The van der Waals surface area contributed by atoms with Crippen LogP contribution in [0.5, 0.6) is 0 Å². The van der Waals surface area contributed by atoms with E-state index in [1.165, 1.54) is 0 Å². The molecule has 0 saturated carbocycles. The number of hydrogen-bond donors (Lipinski definition) is 0. The van der Waals surface area contributed by atoms with Crippen molar-refractivity contribution >= 4 is 44.0 Å². The first-order valence-corrected chi connectivity index (χ1v) is 17.2. The Balaban J connectivity index is 2.32. The molecule has 0 aliphatic rings. The Morgan fingerprint density at radius 1 is 1.00 bits per heavy atom. The second-order valence-corrected chi connectivity index (χ2v) is 19.5. The van der Waals surface area contributed by atoms with Crippen LogP contribution in [0, 0.1) is 0 Å². The molecule has 0 aromatic rings. The normalized spacial score (nSPS) is 9.00. The summed E-state index contributed by atoms with van der Waals surface area (Å²) in [6.45, 7) is 0. The van der Waals surface area contributed by atoms with Crippen LogP contribution in [-0.4, -0.2) is 19.0 Å². The third-order valence-corrected chi connectivity index (χ3v) is 0. The van der Waals surface area contributed by atoms with E-state index in [1.807, 2.05) is 0 Å². The first-order valence-electron chi connectivity index (χ1n) is 0.655. The quantitative estimate of drug-likeness (QED) is 0.593. The molecule has 0 nitrogen and oxygen atoms in total.